The van der Waals surface area contributed by atoms with Crippen LogP contribution in [0.1, 0.15) is 18.4 Å². The topological polar surface area (TPSA) is 58.6 Å². The van der Waals surface area contributed by atoms with Gasteiger partial charge in [-0.3, -0.25) is 9.59 Å². The Morgan fingerprint density at radius 2 is 2.09 bits per heavy atom. The van der Waals surface area contributed by atoms with Gasteiger partial charge in [-0.05, 0) is 25.0 Å². The number of amides is 2. The second kappa shape index (κ2) is 7.14. The number of carbonyl (C=O) groups is 2. The minimum atomic E-state index is -0.206. The largest absolute Gasteiger partial charge is 0.483 e. The lowest BCUT2D eigenvalue weighted by Crippen LogP contribution is -2.32. The van der Waals surface area contributed by atoms with Gasteiger partial charge in [0.2, 0.25) is 0 Å². The molecule has 2 saturated heterocycles. The summed E-state index contributed by atoms with van der Waals surface area (Å²) in [6.07, 6.45) is 3.84. The molecule has 2 aliphatic rings. The highest BCUT2D eigenvalue weighted by Crippen LogP contribution is 2.29. The lowest BCUT2D eigenvalue weighted by Gasteiger charge is -2.16. The van der Waals surface area contributed by atoms with Gasteiger partial charge < -0.3 is 15.0 Å². The summed E-state index contributed by atoms with van der Waals surface area (Å²) in [5, 5.41) is 2.58. The van der Waals surface area contributed by atoms with Crippen molar-refractivity contribution < 1.29 is 14.3 Å². The van der Waals surface area contributed by atoms with Crippen molar-refractivity contribution in [2.75, 3.05) is 19.7 Å². The van der Waals surface area contributed by atoms with E-state index in [2.05, 4.69) is 5.32 Å². The van der Waals surface area contributed by atoms with Crippen LogP contribution < -0.4 is 10.1 Å². The van der Waals surface area contributed by atoms with Crippen molar-refractivity contribution in [1.29, 1.82) is 0 Å². The fourth-order valence-corrected chi connectivity index (χ4v) is 3.53. The summed E-state index contributed by atoms with van der Waals surface area (Å²) < 4.78 is 6.12. The molecule has 1 aromatic rings. The van der Waals surface area contributed by atoms with E-state index >= 15 is 0 Å². The van der Waals surface area contributed by atoms with Crippen LogP contribution in [0, 0.1) is 0 Å². The Morgan fingerprint density at radius 3 is 2.78 bits per heavy atom. The third-order valence-electron chi connectivity index (χ3n) is 3.66. The zero-order chi connectivity index (χ0) is 16.2. The van der Waals surface area contributed by atoms with Gasteiger partial charge in [0.15, 0.2) is 6.61 Å². The molecular formula is C16H16N2O3S2. The second-order valence-electron chi connectivity index (χ2n) is 5.27. The number of carbonyl (C=O) groups excluding carboxylic acids is 2. The van der Waals surface area contributed by atoms with Crippen molar-refractivity contribution in [2.45, 2.75) is 12.8 Å². The molecule has 1 N–H and O–H groups in total. The quantitative estimate of drug-likeness (QED) is 0.668. The molecule has 0 bridgehead atoms. The van der Waals surface area contributed by atoms with Gasteiger partial charge in [-0.25, -0.2) is 0 Å². The first-order valence-corrected chi connectivity index (χ1v) is 8.60. The number of nitrogens with one attached hydrogen (secondary N) is 1. The number of hydrogen-bond donors (Lipinski definition) is 1. The number of thiocarbonyl (C=S) groups is 1. The van der Waals surface area contributed by atoms with E-state index in [9.17, 15) is 9.59 Å². The monoisotopic (exact) mass is 348 g/mol. The molecule has 0 atom stereocenters. The van der Waals surface area contributed by atoms with Gasteiger partial charge in [0.25, 0.3) is 11.8 Å². The van der Waals surface area contributed by atoms with Crippen molar-refractivity contribution in [1.82, 2.24) is 10.2 Å². The first-order chi connectivity index (χ1) is 11.1. The Kier molecular flexibility index (Phi) is 4.97. The van der Waals surface area contributed by atoms with Gasteiger partial charge in [-0.15, -0.1) is 0 Å². The van der Waals surface area contributed by atoms with E-state index in [0.29, 0.717) is 15.0 Å². The Bertz CT molecular complexity index is 682. The molecule has 23 heavy (non-hydrogen) atoms. The Morgan fingerprint density at radius 1 is 1.35 bits per heavy atom. The van der Waals surface area contributed by atoms with Gasteiger partial charge in [0.05, 0.1) is 4.91 Å². The van der Waals surface area contributed by atoms with E-state index in [4.69, 9.17) is 17.0 Å². The molecule has 0 radical (unpaired) electrons. The van der Waals surface area contributed by atoms with E-state index in [1.165, 1.54) is 11.8 Å². The Hall–Kier alpha value is -1.86. The molecule has 0 aliphatic carbocycles. The predicted octanol–water partition coefficient (Wildman–Crippen LogP) is 2.18. The fourth-order valence-electron chi connectivity index (χ4n) is 2.49. The number of ether oxygens (including phenoxy) is 1. The van der Waals surface area contributed by atoms with E-state index in [1.807, 2.05) is 23.1 Å². The fraction of sp³-hybridized carbons (Fsp3) is 0.312. The van der Waals surface area contributed by atoms with Crippen LogP contribution in [0.5, 0.6) is 5.75 Å². The molecular weight excluding hydrogens is 332 g/mol. The van der Waals surface area contributed by atoms with Gasteiger partial charge in [0.1, 0.15) is 10.1 Å². The first-order valence-electron chi connectivity index (χ1n) is 7.38. The highest BCUT2D eigenvalue weighted by atomic mass is 32.2. The van der Waals surface area contributed by atoms with Gasteiger partial charge >= 0.3 is 0 Å². The van der Waals surface area contributed by atoms with E-state index in [1.54, 1.807) is 12.1 Å². The van der Waals surface area contributed by atoms with Crippen LogP contribution >= 0.6 is 24.0 Å². The van der Waals surface area contributed by atoms with E-state index in [0.717, 1.165) is 31.5 Å². The molecule has 5 nitrogen and oxygen atoms in total. The lowest BCUT2D eigenvalue weighted by atomic mass is 10.2. The number of benzene rings is 1. The summed E-state index contributed by atoms with van der Waals surface area (Å²) in [5.41, 5.74) is 0.754. The van der Waals surface area contributed by atoms with Crippen LogP contribution in [0.4, 0.5) is 0 Å². The molecule has 0 spiro atoms. The SMILES string of the molecule is O=C1NC(=S)S/C1=C\c1ccccc1OCC(=O)N1CCCC1. The lowest BCUT2D eigenvalue weighted by molar-refractivity contribution is -0.132. The molecule has 0 unspecified atom stereocenters. The molecule has 0 saturated carbocycles. The third-order valence-corrected chi connectivity index (χ3v) is 4.82. The first kappa shape index (κ1) is 16.0. The van der Waals surface area contributed by atoms with Crippen LogP contribution in [-0.2, 0) is 9.59 Å². The van der Waals surface area contributed by atoms with Crippen molar-refractivity contribution >= 4 is 46.2 Å². The summed E-state index contributed by atoms with van der Waals surface area (Å²) in [7, 11) is 0. The summed E-state index contributed by atoms with van der Waals surface area (Å²) >= 11 is 6.20. The van der Waals surface area contributed by atoms with Crippen LogP contribution in [0.25, 0.3) is 6.08 Å². The molecule has 2 amide bonds. The summed E-state index contributed by atoms with van der Waals surface area (Å²) in [5.74, 6) is 0.376. The van der Waals surface area contributed by atoms with Crippen LogP contribution in [0.3, 0.4) is 0 Å². The number of rotatable bonds is 4. The zero-order valence-electron chi connectivity index (χ0n) is 12.4. The number of thioether (sulfide) groups is 1. The van der Waals surface area contributed by atoms with Crippen molar-refractivity contribution in [3.8, 4) is 5.75 Å². The van der Waals surface area contributed by atoms with Gasteiger partial charge in [-0.2, -0.15) is 0 Å². The molecule has 3 rings (SSSR count). The Balaban J connectivity index is 1.71. The maximum absolute atomic E-state index is 12.1. The molecule has 1 aromatic carbocycles. The Labute approximate surface area is 144 Å². The van der Waals surface area contributed by atoms with Crippen molar-refractivity contribution in [3.05, 3.63) is 34.7 Å². The van der Waals surface area contributed by atoms with Crippen LogP contribution in [0.2, 0.25) is 0 Å². The molecule has 0 aromatic heterocycles. The minimum Gasteiger partial charge on any atom is -0.483 e. The standard InChI is InChI=1S/C16H16N2O3S2/c19-14(18-7-3-4-8-18)10-21-12-6-2-1-5-11(12)9-13-15(20)17-16(22)23-13/h1-2,5-6,9H,3-4,7-8,10H2,(H,17,20,22)/b13-9-. The number of likely N-dealkylation sites (tertiary alicyclic amines) is 1. The third kappa shape index (κ3) is 3.92. The molecule has 2 heterocycles. The summed E-state index contributed by atoms with van der Waals surface area (Å²) in [6, 6.07) is 7.33. The van der Waals surface area contributed by atoms with E-state index in [-0.39, 0.29) is 18.4 Å². The maximum atomic E-state index is 12.1. The van der Waals surface area contributed by atoms with E-state index < -0.39 is 0 Å². The highest BCUT2D eigenvalue weighted by Gasteiger charge is 2.23. The number of hydrogen-bond acceptors (Lipinski definition) is 5. The van der Waals surface area contributed by atoms with Crippen LogP contribution in [0.15, 0.2) is 29.2 Å². The summed E-state index contributed by atoms with van der Waals surface area (Å²) in [6.45, 7) is 1.63. The average molecular weight is 348 g/mol. The second-order valence-corrected chi connectivity index (χ2v) is 6.99. The molecule has 120 valence electrons. The average Bonchev–Trinajstić information content (AvgIpc) is 3.16. The van der Waals surface area contributed by atoms with Crippen molar-refractivity contribution in [2.24, 2.45) is 0 Å². The van der Waals surface area contributed by atoms with Gasteiger partial charge in [0, 0.05) is 18.7 Å². The minimum absolute atomic E-state index is 0.000816. The van der Waals surface area contributed by atoms with Crippen molar-refractivity contribution in [3.63, 3.8) is 0 Å². The molecule has 7 heteroatoms. The molecule has 2 fully saturated rings. The van der Waals surface area contributed by atoms with Gasteiger partial charge in [-0.1, -0.05) is 42.2 Å². The van der Waals surface area contributed by atoms with Crippen LogP contribution in [-0.4, -0.2) is 40.7 Å². The normalized spacial score (nSPS) is 19.3. The molecule has 2 aliphatic heterocycles. The number of para-hydroxylation sites is 1. The summed E-state index contributed by atoms with van der Waals surface area (Å²) in [4.78, 5) is 26.2. The predicted molar refractivity (Wildman–Crippen MR) is 94.1 cm³/mol. The maximum Gasteiger partial charge on any atom is 0.263 e. The zero-order valence-corrected chi connectivity index (χ0v) is 14.0. The highest BCUT2D eigenvalue weighted by molar-refractivity contribution is 8.26. The smallest absolute Gasteiger partial charge is 0.263 e. The number of nitrogens with zero attached hydrogens (tertiary/aromatic N) is 1.